The van der Waals surface area contributed by atoms with Gasteiger partial charge in [-0.3, -0.25) is 0 Å². The van der Waals surface area contributed by atoms with E-state index in [4.69, 9.17) is 106 Å². The van der Waals surface area contributed by atoms with Gasteiger partial charge in [-0.05, 0) is 0 Å². The van der Waals surface area contributed by atoms with Gasteiger partial charge in [-0.25, -0.2) is 0 Å². The normalized spacial score (nSPS) is 9.59. The second-order valence-corrected chi connectivity index (χ2v) is 40.9. The van der Waals surface area contributed by atoms with Crippen molar-refractivity contribution in [3.05, 3.63) is 0 Å². The van der Waals surface area contributed by atoms with Crippen molar-refractivity contribution in [2.24, 2.45) is 0 Å². The van der Waals surface area contributed by atoms with Gasteiger partial charge >= 0.3 is 187 Å². The topological polar surface area (TPSA) is 121 Å². The van der Waals surface area contributed by atoms with Crippen LogP contribution in [0.5, 0.6) is 0 Å². The molecule has 0 radical (unpaired) electrons. The van der Waals surface area contributed by atoms with Crippen LogP contribution < -0.4 is 0 Å². The van der Waals surface area contributed by atoms with Crippen LogP contribution in [0.2, 0.25) is 17.7 Å². The quantitative estimate of drug-likeness (QED) is 0.0197. The number of aliphatic hydroxyl groups is 6. The summed E-state index contributed by atoms with van der Waals surface area (Å²) in [7, 11) is 0. The van der Waals surface area contributed by atoms with Crippen LogP contribution in [0.25, 0.3) is 0 Å². The molecule has 0 rings (SSSR count). The van der Waals surface area contributed by atoms with E-state index in [9.17, 15) is 0 Å². The average molecular weight is 2410 g/mol. The second-order valence-electron chi connectivity index (χ2n) is 30.3. The van der Waals surface area contributed by atoms with Gasteiger partial charge in [-0.1, -0.05) is 427 Å². The van der Waals surface area contributed by atoms with E-state index in [0.717, 1.165) is 34.5 Å². The molecule has 23 heteroatoms. The molecule has 0 atom stereocenters. The van der Waals surface area contributed by atoms with E-state index in [2.05, 4.69) is 145 Å². The van der Waals surface area contributed by atoms with Crippen LogP contribution in [-0.2, 0) is 165 Å². The summed E-state index contributed by atoms with van der Waals surface area (Å²) >= 11 is 62.0. The Kier molecular flexibility index (Phi) is 311. The minimum Gasteiger partial charge on any atom is -2.00 e. The van der Waals surface area contributed by atoms with E-state index in [-0.39, 0.29) is 53.1 Å². The molecule has 6 N–H and O–H groups in total. The van der Waals surface area contributed by atoms with E-state index in [0.29, 0.717) is 34.5 Å². The minimum absolute atomic E-state index is 0. The summed E-state index contributed by atoms with van der Waals surface area (Å²) < 4.78 is 5.74. The summed E-state index contributed by atoms with van der Waals surface area (Å²) in [5.41, 5.74) is 0. The molecule has 0 aromatic rings. The van der Waals surface area contributed by atoms with Gasteiger partial charge in [0.05, 0.1) is 0 Å². The number of hydrogen-bond acceptors (Lipinski definition) is 18. The zero-order chi connectivity index (χ0) is 95.6. The van der Waals surface area contributed by atoms with Gasteiger partial charge < -0.3 is 196 Å². The maximum atomic E-state index is 7.77. The molecule has 0 aliphatic heterocycles. The van der Waals surface area contributed by atoms with Gasteiger partial charge in [0.2, 0.25) is 0 Å². The smallest absolute Gasteiger partial charge is 0.0213 e. The average Bonchev–Trinajstić information content (AvgIpc) is 1.38. The Balaban J connectivity index is -0.0000000665. The molecule has 0 heterocycles. The molecule has 0 aromatic carbocycles. The minimum atomic E-state index is 0. The summed E-state index contributed by atoms with van der Waals surface area (Å²) in [5.74, 6) is 8.48. The van der Waals surface area contributed by atoms with E-state index < -0.39 is 0 Å². The first-order chi connectivity index (χ1) is 59.6. The van der Waals surface area contributed by atoms with E-state index in [1.165, 1.54) is 454 Å². The molecule has 0 aliphatic rings. The number of unbranched alkanes of at least 4 members (excludes halogenated alkanes) is 58. The third kappa shape index (κ3) is 317. The van der Waals surface area contributed by atoms with Gasteiger partial charge in [0.15, 0.2) is 0 Å². The Morgan fingerprint density at radius 2 is 0.187 bits per heavy atom. The molecule has 0 bridgehead atoms. The van der Waals surface area contributed by atoms with Gasteiger partial charge in [-0.15, -0.1) is 0 Å². The summed E-state index contributed by atoms with van der Waals surface area (Å²) in [6, 6.07) is 0. The first-order valence-corrected chi connectivity index (χ1v) is 65.8. The Labute approximate surface area is 907 Å². The molecule has 748 valence electrons. The van der Waals surface area contributed by atoms with E-state index in [1.54, 1.807) is 90.1 Å². The van der Waals surface area contributed by atoms with Crippen LogP contribution in [0.4, 0.5) is 0 Å². The van der Waals surface area contributed by atoms with Crippen LogP contribution in [0.15, 0.2) is 0 Å². The Morgan fingerprint density at radius 1 is 0.122 bits per heavy atom. The fourth-order valence-electron chi connectivity index (χ4n) is 10.2. The summed E-state index contributed by atoms with van der Waals surface area (Å²) in [6.07, 6.45) is 95.4. The summed E-state index contributed by atoms with van der Waals surface area (Å²) in [5, 5.41) is 46.6. The second kappa shape index (κ2) is 225. The van der Waals surface area contributed by atoms with Gasteiger partial charge in [0.25, 0.3) is 0 Å². The molecule has 0 saturated heterocycles. The molecular formula is C100H216O6S13Sn4-2. The predicted octanol–water partition coefficient (Wildman–Crippen LogP) is 29.4. The zero-order valence-corrected chi connectivity index (χ0v) is 106. The van der Waals surface area contributed by atoms with Crippen LogP contribution in [0.1, 0.15) is 506 Å². The third-order valence-electron chi connectivity index (χ3n) is 17.7. The van der Waals surface area contributed by atoms with Crippen LogP contribution in [0.3, 0.4) is 0 Å². The van der Waals surface area contributed by atoms with Crippen molar-refractivity contribution < 1.29 is 30.6 Å². The Morgan fingerprint density at radius 3 is 0.228 bits per heavy atom. The van der Waals surface area contributed by atoms with Crippen molar-refractivity contribution in [2.75, 3.05) is 109 Å². The maximum Gasteiger partial charge on any atom is 0.0213 e. The Hall–Kier alpha value is 7.50. The van der Waals surface area contributed by atoms with Crippen LogP contribution in [0, 0.1) is 0 Å². The molecule has 0 amide bonds. The molecule has 6 nitrogen and oxygen atoms in total. The van der Waals surface area contributed by atoms with Crippen molar-refractivity contribution >= 4 is 255 Å². The van der Waals surface area contributed by atoms with Crippen LogP contribution >= 0.6 is 0 Å². The first-order valence-electron chi connectivity index (χ1n) is 50.8. The van der Waals surface area contributed by atoms with E-state index in [1.807, 2.05) is 0 Å². The van der Waals surface area contributed by atoms with Gasteiger partial charge in [0, 0.05) is 39.6 Å². The number of aliphatic hydroxyl groups excluding tert-OH is 6. The largest absolute Gasteiger partial charge is 2.00 e. The molecule has 0 saturated carbocycles. The van der Waals surface area contributed by atoms with Crippen molar-refractivity contribution in [1.29, 1.82) is 0 Å². The number of hydrogen-bond donors (Lipinski definition) is 6. The molecule has 0 aliphatic carbocycles. The van der Waals surface area contributed by atoms with Gasteiger partial charge in [-0.2, -0.15) is 69.0 Å². The maximum absolute atomic E-state index is 7.77. The molecule has 0 fully saturated rings. The van der Waals surface area contributed by atoms with E-state index >= 15 is 0 Å². The Bertz CT molecular complexity index is 981. The van der Waals surface area contributed by atoms with Crippen molar-refractivity contribution in [3.8, 4) is 0 Å². The predicted molar refractivity (Wildman–Crippen MR) is 610 cm³/mol. The van der Waals surface area contributed by atoms with Crippen molar-refractivity contribution in [1.82, 2.24) is 0 Å². The standard InChI is InChI=1S/6C12H26S.4C4H9.6C2H6OS.S.4Sn/c6*1-2-3-4-5-6-7-8-9-10-11-12-13;4*1-3-4-2;6*3-1-2-4;;;;;/h6*13H,2-12H2,1H3;4*1,3-4H2,2H3;6*3-4H,1-2H2;;;;;/q;;;;;;;;;;;;;;;;-2;4*+3/p-12. The summed E-state index contributed by atoms with van der Waals surface area (Å²) in [6.45, 7) is 23.3. The molecular weight excluding hydrogens is 2190 g/mol. The SMILES string of the molecule is CCCCCCCCCCCC[S-].CCCCCCCCCCCC[S-].CCCCCCCCCCCC[S-].CCCCCCCCCCCC[S-].CCCCCCCCCCCC[S-].CCCCCCCCCCCC[S-].CCC[CH2][Sn+3].CCC[CH2][Sn+3].CCC[CH2][Sn+3].CCC[CH2][Sn+3].OCC[S-].OCC[S-].OCC[S-].OCC[S-].OCC[S-].OCC[S-].[S-2]. The molecule has 123 heavy (non-hydrogen) atoms. The molecule has 0 aromatic heterocycles. The van der Waals surface area contributed by atoms with Crippen LogP contribution in [-0.4, -0.2) is 229 Å². The molecule has 0 spiro atoms. The number of rotatable bonds is 74. The monoisotopic (exact) mass is 2410 g/mol. The van der Waals surface area contributed by atoms with Crippen molar-refractivity contribution in [2.45, 2.75) is 524 Å². The molecule has 0 unspecified atom stereocenters. The first kappa shape index (κ1) is 170. The van der Waals surface area contributed by atoms with Crippen molar-refractivity contribution in [3.63, 3.8) is 0 Å². The third-order valence-corrected chi connectivity index (χ3v) is 24.5. The summed E-state index contributed by atoms with van der Waals surface area (Å²) in [4.78, 5) is 0. The zero-order valence-electron chi connectivity index (χ0n) is 83.6. The van der Waals surface area contributed by atoms with Gasteiger partial charge in [0.1, 0.15) is 0 Å². The fraction of sp³-hybridized carbons (Fsp3) is 1.00. The fourth-order valence-corrected chi connectivity index (χ4v) is 15.5.